The van der Waals surface area contributed by atoms with Gasteiger partial charge in [-0.25, -0.2) is 0 Å². The van der Waals surface area contributed by atoms with Crippen LogP contribution >= 0.6 is 0 Å². The van der Waals surface area contributed by atoms with Crippen molar-refractivity contribution in [1.29, 1.82) is 0 Å². The highest BCUT2D eigenvalue weighted by Crippen LogP contribution is 2.26. The van der Waals surface area contributed by atoms with Crippen molar-refractivity contribution in [2.24, 2.45) is 0 Å². The van der Waals surface area contributed by atoms with Gasteiger partial charge in [-0.1, -0.05) is 12.1 Å². The maximum atomic E-state index is 12.7. The van der Waals surface area contributed by atoms with Crippen LogP contribution in [0.4, 0.5) is 22.7 Å². The Morgan fingerprint density at radius 3 is 2.41 bits per heavy atom. The maximum absolute atomic E-state index is 12.7. The quantitative estimate of drug-likeness (QED) is 0.599. The lowest BCUT2D eigenvalue weighted by Crippen LogP contribution is -2.15. The molecule has 2 aromatic carbocycles. The van der Waals surface area contributed by atoms with Crippen LogP contribution in [0.3, 0.4) is 0 Å². The van der Waals surface area contributed by atoms with Crippen molar-refractivity contribution in [2.75, 3.05) is 29.6 Å². The first-order valence-electron chi connectivity index (χ1n) is 9.49. The molecule has 3 aromatic rings. The van der Waals surface area contributed by atoms with Crippen molar-refractivity contribution < 1.29 is 9.53 Å². The van der Waals surface area contributed by atoms with E-state index in [-0.39, 0.29) is 12.0 Å². The lowest BCUT2D eigenvalue weighted by atomic mass is 10.2. The second-order valence-electron chi connectivity index (χ2n) is 7.15. The van der Waals surface area contributed by atoms with Gasteiger partial charge in [-0.05, 0) is 56.3 Å². The molecule has 3 rings (SSSR count). The summed E-state index contributed by atoms with van der Waals surface area (Å²) in [4.78, 5) is 19.0. The average molecular weight is 390 g/mol. The molecule has 29 heavy (non-hydrogen) atoms. The van der Waals surface area contributed by atoms with Crippen LogP contribution in [0, 0.1) is 0 Å². The summed E-state index contributed by atoms with van der Waals surface area (Å²) >= 11 is 0. The van der Waals surface area contributed by atoms with E-state index in [0.29, 0.717) is 17.0 Å². The van der Waals surface area contributed by atoms with Crippen molar-refractivity contribution in [3.8, 4) is 5.75 Å². The Kier molecular flexibility index (Phi) is 6.34. The summed E-state index contributed by atoms with van der Waals surface area (Å²) in [6.07, 6.45) is 3.25. The molecule has 0 fully saturated rings. The summed E-state index contributed by atoms with van der Waals surface area (Å²) < 4.78 is 5.77. The lowest BCUT2D eigenvalue weighted by Gasteiger charge is -2.15. The van der Waals surface area contributed by atoms with Crippen molar-refractivity contribution in [1.82, 2.24) is 4.98 Å². The van der Waals surface area contributed by atoms with Crippen molar-refractivity contribution in [3.63, 3.8) is 0 Å². The molecule has 0 saturated carbocycles. The highest BCUT2D eigenvalue weighted by molar-refractivity contribution is 6.05. The number of amides is 1. The zero-order valence-electron chi connectivity index (χ0n) is 17.1. The third kappa shape index (κ3) is 5.48. The lowest BCUT2D eigenvalue weighted by molar-refractivity contribution is 0.102. The molecule has 0 spiro atoms. The van der Waals surface area contributed by atoms with E-state index >= 15 is 0 Å². The average Bonchev–Trinajstić information content (AvgIpc) is 2.69. The predicted molar refractivity (Wildman–Crippen MR) is 118 cm³/mol. The Morgan fingerprint density at radius 1 is 1.00 bits per heavy atom. The Bertz CT molecular complexity index is 969. The van der Waals surface area contributed by atoms with Gasteiger partial charge in [0.1, 0.15) is 5.75 Å². The normalized spacial score (nSPS) is 10.5. The third-order valence-corrected chi connectivity index (χ3v) is 4.17. The number of rotatable bonds is 7. The molecule has 0 radical (unpaired) electrons. The number of hydrogen-bond acceptors (Lipinski definition) is 5. The monoisotopic (exact) mass is 390 g/mol. The van der Waals surface area contributed by atoms with Crippen LogP contribution in [-0.2, 0) is 0 Å². The molecule has 2 N–H and O–H groups in total. The highest BCUT2D eigenvalue weighted by Gasteiger charge is 2.12. The minimum atomic E-state index is -0.246. The van der Waals surface area contributed by atoms with Crippen LogP contribution in [0.1, 0.15) is 24.2 Å². The number of aromatic nitrogens is 1. The topological polar surface area (TPSA) is 66.5 Å². The molecule has 1 aromatic heterocycles. The van der Waals surface area contributed by atoms with Crippen LogP contribution < -0.4 is 20.3 Å². The SMILES string of the molecule is CC(C)Oc1ccccc1NC(=O)c1cncc(Nc2ccc(N(C)C)cc2)c1. The van der Waals surface area contributed by atoms with Crippen molar-refractivity contribution >= 4 is 28.7 Å². The fraction of sp³-hybridized carbons (Fsp3) is 0.217. The molecule has 0 aliphatic carbocycles. The van der Waals surface area contributed by atoms with Crippen molar-refractivity contribution in [2.45, 2.75) is 20.0 Å². The molecule has 0 aliphatic heterocycles. The number of carbonyl (C=O) groups is 1. The highest BCUT2D eigenvalue weighted by atomic mass is 16.5. The van der Waals surface area contributed by atoms with Gasteiger partial charge in [0, 0.05) is 31.7 Å². The fourth-order valence-electron chi connectivity index (χ4n) is 2.76. The van der Waals surface area contributed by atoms with Gasteiger partial charge in [0.2, 0.25) is 0 Å². The summed E-state index contributed by atoms with van der Waals surface area (Å²) in [6, 6.07) is 17.2. The number of nitrogens with zero attached hydrogens (tertiary/aromatic N) is 2. The molecule has 150 valence electrons. The van der Waals surface area contributed by atoms with Crippen LogP contribution in [0.25, 0.3) is 0 Å². The molecule has 1 heterocycles. The van der Waals surface area contributed by atoms with E-state index in [4.69, 9.17) is 4.74 Å². The molecule has 0 bridgehead atoms. The number of benzene rings is 2. The van der Waals surface area contributed by atoms with E-state index in [1.807, 2.05) is 81.4 Å². The summed E-state index contributed by atoms with van der Waals surface area (Å²) in [5.41, 5.74) is 3.86. The van der Waals surface area contributed by atoms with Gasteiger partial charge in [-0.3, -0.25) is 9.78 Å². The Balaban J connectivity index is 1.73. The fourth-order valence-corrected chi connectivity index (χ4v) is 2.76. The Labute approximate surface area is 171 Å². The molecule has 0 atom stereocenters. The van der Waals surface area contributed by atoms with Crippen molar-refractivity contribution in [3.05, 3.63) is 72.6 Å². The third-order valence-electron chi connectivity index (χ3n) is 4.17. The first-order valence-corrected chi connectivity index (χ1v) is 9.49. The zero-order chi connectivity index (χ0) is 20.8. The maximum Gasteiger partial charge on any atom is 0.257 e. The van der Waals surface area contributed by atoms with Crippen LogP contribution in [0.5, 0.6) is 5.75 Å². The number of nitrogens with one attached hydrogen (secondary N) is 2. The van der Waals surface area contributed by atoms with Gasteiger partial charge in [0.05, 0.1) is 29.2 Å². The molecule has 6 nitrogen and oxygen atoms in total. The number of pyridine rings is 1. The first kappa shape index (κ1) is 20.2. The van der Waals surface area contributed by atoms with E-state index in [9.17, 15) is 4.79 Å². The Morgan fingerprint density at radius 2 is 1.72 bits per heavy atom. The largest absolute Gasteiger partial charge is 0.489 e. The number of para-hydroxylation sites is 2. The second-order valence-corrected chi connectivity index (χ2v) is 7.15. The number of ether oxygens (including phenoxy) is 1. The number of hydrogen-bond donors (Lipinski definition) is 2. The minimum Gasteiger partial charge on any atom is -0.489 e. The standard InChI is InChI=1S/C23H26N4O2/c1-16(2)29-22-8-6-5-7-21(22)26-23(28)17-13-19(15-24-14-17)25-18-9-11-20(12-10-18)27(3)4/h5-16,25H,1-4H3,(H,26,28). The van der Waals surface area contributed by atoms with Crippen LogP contribution in [0.15, 0.2) is 67.0 Å². The second kappa shape index (κ2) is 9.10. The Hall–Kier alpha value is -3.54. The van der Waals surface area contributed by atoms with Gasteiger partial charge >= 0.3 is 0 Å². The van der Waals surface area contributed by atoms with E-state index in [1.165, 1.54) is 0 Å². The van der Waals surface area contributed by atoms with E-state index in [0.717, 1.165) is 17.1 Å². The molecule has 6 heteroatoms. The molecular weight excluding hydrogens is 364 g/mol. The molecular formula is C23H26N4O2. The minimum absolute atomic E-state index is 0.0149. The van der Waals surface area contributed by atoms with Gasteiger partial charge in [-0.2, -0.15) is 0 Å². The van der Waals surface area contributed by atoms with E-state index < -0.39 is 0 Å². The number of carbonyl (C=O) groups excluding carboxylic acids is 1. The molecule has 1 amide bonds. The predicted octanol–water partition coefficient (Wildman–Crippen LogP) is 4.93. The van der Waals surface area contributed by atoms with Crippen LogP contribution in [0.2, 0.25) is 0 Å². The van der Waals surface area contributed by atoms with Crippen LogP contribution in [-0.4, -0.2) is 31.1 Å². The van der Waals surface area contributed by atoms with Gasteiger partial charge < -0.3 is 20.3 Å². The molecule has 0 unspecified atom stereocenters. The first-order chi connectivity index (χ1) is 13.9. The zero-order valence-corrected chi connectivity index (χ0v) is 17.1. The summed E-state index contributed by atoms with van der Waals surface area (Å²) in [7, 11) is 4.00. The molecule has 0 aliphatic rings. The van der Waals surface area contributed by atoms with Gasteiger partial charge in [0.25, 0.3) is 5.91 Å². The number of anilines is 4. The summed E-state index contributed by atoms with van der Waals surface area (Å²) in [5.74, 6) is 0.392. The van der Waals surface area contributed by atoms with Gasteiger partial charge in [0.15, 0.2) is 0 Å². The van der Waals surface area contributed by atoms with E-state index in [1.54, 1.807) is 18.5 Å². The summed E-state index contributed by atoms with van der Waals surface area (Å²) in [6.45, 7) is 3.89. The smallest absolute Gasteiger partial charge is 0.257 e. The van der Waals surface area contributed by atoms with Gasteiger partial charge in [-0.15, -0.1) is 0 Å². The van der Waals surface area contributed by atoms with E-state index in [2.05, 4.69) is 15.6 Å². The molecule has 0 saturated heterocycles. The summed E-state index contributed by atoms with van der Waals surface area (Å²) in [5, 5.41) is 6.19.